The zero-order valence-corrected chi connectivity index (χ0v) is 10.5. The summed E-state index contributed by atoms with van der Waals surface area (Å²) >= 11 is 5.67. The average molecular weight is 266 g/mol. The van der Waals surface area contributed by atoms with Gasteiger partial charge in [0.25, 0.3) is 0 Å². The van der Waals surface area contributed by atoms with Crippen molar-refractivity contribution in [2.75, 3.05) is 17.6 Å². The standard InChI is InChI=1S/C8H12ClN3O3S/c1-3-4-16(13,14)12-8-10-6(9)5-7(11-8)15-2/h5H,3-4H2,1-2H3,(H,10,11,12). The number of sulfonamides is 1. The fourth-order valence-corrected chi connectivity index (χ4v) is 2.19. The zero-order valence-electron chi connectivity index (χ0n) is 8.90. The molecule has 1 N–H and O–H groups in total. The molecule has 1 aromatic rings. The second-order valence-electron chi connectivity index (χ2n) is 2.98. The quantitative estimate of drug-likeness (QED) is 0.812. The number of rotatable bonds is 5. The van der Waals surface area contributed by atoms with Gasteiger partial charge in [-0.2, -0.15) is 4.98 Å². The molecular formula is C8H12ClN3O3S. The number of nitrogens with one attached hydrogen (secondary N) is 1. The van der Waals surface area contributed by atoms with Crippen LogP contribution in [0.25, 0.3) is 0 Å². The summed E-state index contributed by atoms with van der Waals surface area (Å²) in [6.07, 6.45) is 0.507. The topological polar surface area (TPSA) is 81.2 Å². The highest BCUT2D eigenvalue weighted by Crippen LogP contribution is 2.16. The molecule has 0 spiro atoms. The molecule has 0 amide bonds. The summed E-state index contributed by atoms with van der Waals surface area (Å²) in [5.41, 5.74) is 0. The van der Waals surface area contributed by atoms with Crippen LogP contribution in [0.1, 0.15) is 13.3 Å². The average Bonchev–Trinajstić information content (AvgIpc) is 2.15. The Labute approximate surface area is 99.1 Å². The lowest BCUT2D eigenvalue weighted by molar-refractivity contribution is 0.397. The SMILES string of the molecule is CCCS(=O)(=O)Nc1nc(Cl)cc(OC)n1. The smallest absolute Gasteiger partial charge is 0.241 e. The van der Waals surface area contributed by atoms with Gasteiger partial charge in [-0.15, -0.1) is 0 Å². The van der Waals surface area contributed by atoms with E-state index < -0.39 is 10.0 Å². The predicted octanol–water partition coefficient (Wildman–Crippen LogP) is 1.29. The van der Waals surface area contributed by atoms with Crippen molar-refractivity contribution in [3.8, 4) is 5.88 Å². The molecule has 1 aromatic heterocycles. The number of methoxy groups -OCH3 is 1. The van der Waals surface area contributed by atoms with Crippen LogP contribution in [0.3, 0.4) is 0 Å². The van der Waals surface area contributed by atoms with E-state index >= 15 is 0 Å². The van der Waals surface area contributed by atoms with Crippen molar-refractivity contribution < 1.29 is 13.2 Å². The molecule has 0 atom stereocenters. The molecular weight excluding hydrogens is 254 g/mol. The fourth-order valence-electron chi connectivity index (χ4n) is 1.01. The lowest BCUT2D eigenvalue weighted by atomic mass is 10.6. The van der Waals surface area contributed by atoms with E-state index in [-0.39, 0.29) is 22.7 Å². The van der Waals surface area contributed by atoms with Crippen molar-refractivity contribution in [3.63, 3.8) is 0 Å². The Morgan fingerprint density at radius 1 is 1.50 bits per heavy atom. The molecule has 1 rings (SSSR count). The van der Waals surface area contributed by atoms with E-state index in [2.05, 4.69) is 14.7 Å². The molecule has 0 radical (unpaired) electrons. The number of aromatic nitrogens is 2. The third-order valence-electron chi connectivity index (χ3n) is 1.60. The van der Waals surface area contributed by atoms with Crippen molar-refractivity contribution in [2.24, 2.45) is 0 Å². The number of hydrogen-bond acceptors (Lipinski definition) is 5. The Kier molecular flexibility index (Phi) is 4.31. The number of nitrogens with zero attached hydrogens (tertiary/aromatic N) is 2. The minimum Gasteiger partial charge on any atom is -0.481 e. The van der Waals surface area contributed by atoms with E-state index in [4.69, 9.17) is 16.3 Å². The molecule has 0 bridgehead atoms. The van der Waals surface area contributed by atoms with Gasteiger partial charge in [-0.25, -0.2) is 13.4 Å². The minimum absolute atomic E-state index is 0.00515. The second kappa shape index (κ2) is 5.31. The van der Waals surface area contributed by atoms with Gasteiger partial charge in [0.1, 0.15) is 5.15 Å². The van der Waals surface area contributed by atoms with E-state index in [0.717, 1.165) is 0 Å². The number of halogens is 1. The Morgan fingerprint density at radius 3 is 2.75 bits per heavy atom. The van der Waals surface area contributed by atoms with E-state index in [0.29, 0.717) is 6.42 Å². The first-order valence-electron chi connectivity index (χ1n) is 4.56. The molecule has 0 fully saturated rings. The molecule has 6 nitrogen and oxygen atoms in total. The molecule has 0 unspecified atom stereocenters. The summed E-state index contributed by atoms with van der Waals surface area (Å²) in [5.74, 6) is 0.123. The first kappa shape index (κ1) is 13.0. The second-order valence-corrected chi connectivity index (χ2v) is 5.21. The molecule has 0 aliphatic rings. The maximum absolute atomic E-state index is 11.4. The Balaban J connectivity index is 2.93. The highest BCUT2D eigenvalue weighted by Gasteiger charge is 2.12. The van der Waals surface area contributed by atoms with Crippen LogP contribution in [0.15, 0.2) is 6.07 Å². The molecule has 1 heterocycles. The minimum atomic E-state index is -3.42. The maximum atomic E-state index is 11.4. The molecule has 0 saturated carbocycles. The van der Waals surface area contributed by atoms with Crippen LogP contribution in [0.2, 0.25) is 5.15 Å². The molecule has 0 aliphatic heterocycles. The molecule has 16 heavy (non-hydrogen) atoms. The highest BCUT2D eigenvalue weighted by molar-refractivity contribution is 7.92. The summed E-state index contributed by atoms with van der Waals surface area (Å²) in [5, 5.41) is 0.112. The number of ether oxygens (including phenoxy) is 1. The van der Waals surface area contributed by atoms with Crippen LogP contribution in [0, 0.1) is 0 Å². The van der Waals surface area contributed by atoms with Crippen molar-refractivity contribution in [3.05, 3.63) is 11.2 Å². The van der Waals surface area contributed by atoms with Gasteiger partial charge in [0.05, 0.1) is 12.9 Å². The van der Waals surface area contributed by atoms with Crippen LogP contribution in [0.4, 0.5) is 5.95 Å². The van der Waals surface area contributed by atoms with E-state index in [1.807, 2.05) is 0 Å². The van der Waals surface area contributed by atoms with Crippen LogP contribution in [0.5, 0.6) is 5.88 Å². The van der Waals surface area contributed by atoms with Gasteiger partial charge in [-0.05, 0) is 6.42 Å². The summed E-state index contributed by atoms with van der Waals surface area (Å²) in [6.45, 7) is 1.76. The lowest BCUT2D eigenvalue weighted by Crippen LogP contribution is -2.18. The third-order valence-corrected chi connectivity index (χ3v) is 3.23. The van der Waals surface area contributed by atoms with Crippen LogP contribution < -0.4 is 9.46 Å². The first-order chi connectivity index (χ1) is 7.46. The van der Waals surface area contributed by atoms with Gasteiger partial charge in [-0.1, -0.05) is 18.5 Å². The van der Waals surface area contributed by atoms with Crippen molar-refractivity contribution in [1.82, 2.24) is 9.97 Å². The van der Waals surface area contributed by atoms with E-state index in [9.17, 15) is 8.42 Å². The normalized spacial score (nSPS) is 11.2. The van der Waals surface area contributed by atoms with Gasteiger partial charge < -0.3 is 4.74 Å². The molecule has 8 heteroatoms. The van der Waals surface area contributed by atoms with Crippen molar-refractivity contribution in [2.45, 2.75) is 13.3 Å². The van der Waals surface area contributed by atoms with Crippen LogP contribution >= 0.6 is 11.6 Å². The van der Waals surface area contributed by atoms with Gasteiger partial charge in [0, 0.05) is 6.07 Å². The molecule has 0 aromatic carbocycles. The largest absolute Gasteiger partial charge is 0.481 e. The fraction of sp³-hybridized carbons (Fsp3) is 0.500. The van der Waals surface area contributed by atoms with Crippen LogP contribution in [-0.4, -0.2) is 31.2 Å². The molecule has 0 aliphatic carbocycles. The molecule has 0 saturated heterocycles. The summed E-state index contributed by atoms with van der Waals surface area (Å²) in [6, 6.07) is 1.39. The van der Waals surface area contributed by atoms with E-state index in [1.165, 1.54) is 13.2 Å². The van der Waals surface area contributed by atoms with Gasteiger partial charge in [-0.3, -0.25) is 4.72 Å². The summed E-state index contributed by atoms with van der Waals surface area (Å²) in [4.78, 5) is 7.54. The Bertz CT molecular complexity index is 464. The van der Waals surface area contributed by atoms with E-state index in [1.54, 1.807) is 6.92 Å². The Morgan fingerprint density at radius 2 is 2.19 bits per heavy atom. The Hall–Kier alpha value is -1.08. The number of anilines is 1. The third kappa shape index (κ3) is 3.82. The first-order valence-corrected chi connectivity index (χ1v) is 6.59. The summed E-state index contributed by atoms with van der Waals surface area (Å²) < 4.78 is 29.9. The van der Waals surface area contributed by atoms with Gasteiger partial charge >= 0.3 is 0 Å². The van der Waals surface area contributed by atoms with Crippen molar-refractivity contribution >= 4 is 27.6 Å². The lowest BCUT2D eigenvalue weighted by Gasteiger charge is -2.06. The summed E-state index contributed by atoms with van der Waals surface area (Å²) in [7, 11) is -2.01. The predicted molar refractivity (Wildman–Crippen MR) is 61.3 cm³/mol. The zero-order chi connectivity index (χ0) is 12.2. The molecule has 90 valence electrons. The van der Waals surface area contributed by atoms with Gasteiger partial charge in [0.15, 0.2) is 0 Å². The van der Waals surface area contributed by atoms with Crippen LogP contribution in [-0.2, 0) is 10.0 Å². The monoisotopic (exact) mass is 265 g/mol. The van der Waals surface area contributed by atoms with Gasteiger partial charge in [0.2, 0.25) is 21.9 Å². The highest BCUT2D eigenvalue weighted by atomic mass is 35.5. The maximum Gasteiger partial charge on any atom is 0.241 e. The van der Waals surface area contributed by atoms with Crippen molar-refractivity contribution in [1.29, 1.82) is 0 Å². The number of hydrogen-bond donors (Lipinski definition) is 1.